The van der Waals surface area contributed by atoms with E-state index in [1.807, 2.05) is 38.1 Å². The first-order valence-electron chi connectivity index (χ1n) is 18.7. The van der Waals surface area contributed by atoms with E-state index in [4.69, 9.17) is 16.3 Å². The molecule has 0 bridgehead atoms. The van der Waals surface area contributed by atoms with Crippen molar-refractivity contribution >= 4 is 46.8 Å². The molecule has 0 saturated heterocycles. The predicted octanol–water partition coefficient (Wildman–Crippen LogP) is 8.04. The summed E-state index contributed by atoms with van der Waals surface area (Å²) in [5.41, 5.74) is 2.71. The first-order valence-corrected chi connectivity index (χ1v) is 19.1. The Morgan fingerprint density at radius 3 is 2.11 bits per heavy atom. The first kappa shape index (κ1) is 40.4. The molecule has 2 amide bonds. The number of halogens is 4. The standard InChI is InChI=1S/C41H45ClF3N7O4/c1-39(2,24-47-35(55)33(53)22-26-8-10-28(11-9-26)27-6-4-3-5-7-27)23-46-34(54)29-12-18-32(19-13-29)48-36-49-37(51-38(50-36)56-25-41(43,44)45)52-40(20-21-40)30-14-16-31(42)17-15-30/h8-19,27H,3-7,20-25H2,1-2H3,(H,46,54)(H,47,55)(H2,48,49,50,51,52). The van der Waals surface area contributed by atoms with Crippen molar-refractivity contribution in [3.8, 4) is 6.01 Å². The number of hydrogen-bond acceptors (Lipinski definition) is 9. The van der Waals surface area contributed by atoms with E-state index in [2.05, 4.69) is 48.4 Å². The van der Waals surface area contributed by atoms with Crippen LogP contribution in [0.4, 0.5) is 30.8 Å². The highest BCUT2D eigenvalue weighted by atomic mass is 35.5. The average molecular weight is 792 g/mol. The molecule has 15 heteroatoms. The molecule has 2 aliphatic rings. The number of aromatic nitrogens is 3. The summed E-state index contributed by atoms with van der Waals surface area (Å²) < 4.78 is 43.8. The molecule has 56 heavy (non-hydrogen) atoms. The lowest BCUT2D eigenvalue weighted by atomic mass is 9.84. The van der Waals surface area contributed by atoms with Crippen molar-refractivity contribution in [1.82, 2.24) is 25.6 Å². The van der Waals surface area contributed by atoms with Crippen LogP contribution >= 0.6 is 11.6 Å². The molecule has 0 aliphatic heterocycles. The summed E-state index contributed by atoms with van der Waals surface area (Å²) in [6.45, 7) is 2.51. The average Bonchev–Trinajstić information content (AvgIpc) is 3.96. The number of nitrogens with zero attached hydrogens (tertiary/aromatic N) is 3. The molecule has 4 aromatic rings. The highest BCUT2D eigenvalue weighted by Gasteiger charge is 2.45. The lowest BCUT2D eigenvalue weighted by Gasteiger charge is -2.25. The minimum atomic E-state index is -4.60. The summed E-state index contributed by atoms with van der Waals surface area (Å²) >= 11 is 6.05. The quantitative estimate of drug-likeness (QED) is 0.0828. The third-order valence-electron chi connectivity index (χ3n) is 10.0. The van der Waals surface area contributed by atoms with Gasteiger partial charge in [0.05, 0.1) is 5.54 Å². The van der Waals surface area contributed by atoms with Crippen LogP contribution in [0.5, 0.6) is 6.01 Å². The van der Waals surface area contributed by atoms with E-state index < -0.39 is 41.4 Å². The van der Waals surface area contributed by atoms with Gasteiger partial charge < -0.3 is 26.0 Å². The zero-order valence-corrected chi connectivity index (χ0v) is 32.0. The second kappa shape index (κ2) is 17.3. The van der Waals surface area contributed by atoms with Crippen molar-refractivity contribution < 1.29 is 32.3 Å². The Labute approximate surface area is 328 Å². The second-order valence-electron chi connectivity index (χ2n) is 15.3. The van der Waals surface area contributed by atoms with Crippen molar-refractivity contribution in [2.24, 2.45) is 5.41 Å². The lowest BCUT2D eigenvalue weighted by Crippen LogP contribution is -2.44. The van der Waals surface area contributed by atoms with Gasteiger partial charge in [-0.1, -0.05) is 81.1 Å². The Morgan fingerprint density at radius 1 is 0.821 bits per heavy atom. The van der Waals surface area contributed by atoms with Crippen LogP contribution in [0.2, 0.25) is 5.02 Å². The Hall–Kier alpha value is -5.24. The fourth-order valence-electron chi connectivity index (χ4n) is 6.62. The van der Waals surface area contributed by atoms with E-state index >= 15 is 0 Å². The van der Waals surface area contributed by atoms with Crippen LogP contribution in [0.15, 0.2) is 72.8 Å². The maximum absolute atomic E-state index is 13.0. The van der Waals surface area contributed by atoms with Crippen LogP contribution in [0.1, 0.15) is 91.8 Å². The summed E-state index contributed by atoms with van der Waals surface area (Å²) in [4.78, 5) is 50.8. The number of ketones is 1. The Balaban J connectivity index is 1.00. The maximum atomic E-state index is 13.0. The number of ether oxygens (including phenoxy) is 1. The van der Waals surface area contributed by atoms with Crippen molar-refractivity contribution in [3.63, 3.8) is 0 Å². The minimum Gasteiger partial charge on any atom is -0.454 e. The molecule has 1 aromatic heterocycles. The van der Waals surface area contributed by atoms with Crippen LogP contribution < -0.4 is 26.0 Å². The second-order valence-corrected chi connectivity index (χ2v) is 15.7. The smallest absolute Gasteiger partial charge is 0.422 e. The van der Waals surface area contributed by atoms with E-state index in [0.717, 1.165) is 24.0 Å². The van der Waals surface area contributed by atoms with Gasteiger partial charge in [-0.25, -0.2) is 0 Å². The number of carbonyl (C=O) groups excluding carboxylic acids is 3. The molecule has 0 atom stereocenters. The summed E-state index contributed by atoms with van der Waals surface area (Å²) in [7, 11) is 0. The van der Waals surface area contributed by atoms with E-state index in [9.17, 15) is 27.6 Å². The van der Waals surface area contributed by atoms with Crippen molar-refractivity contribution in [1.29, 1.82) is 0 Å². The van der Waals surface area contributed by atoms with Gasteiger partial charge in [0.25, 0.3) is 11.8 Å². The van der Waals surface area contributed by atoms with E-state index in [1.54, 1.807) is 36.4 Å². The number of rotatable bonds is 16. The number of amides is 2. The fraction of sp³-hybridized carbons (Fsp3) is 0.415. The lowest BCUT2D eigenvalue weighted by molar-refractivity contribution is -0.154. The topological polar surface area (TPSA) is 147 Å². The molecule has 296 valence electrons. The zero-order chi connectivity index (χ0) is 39.9. The predicted molar refractivity (Wildman–Crippen MR) is 207 cm³/mol. The van der Waals surface area contributed by atoms with E-state index in [0.29, 0.717) is 22.2 Å². The van der Waals surface area contributed by atoms with Gasteiger partial charge in [0.2, 0.25) is 17.7 Å². The fourth-order valence-corrected chi connectivity index (χ4v) is 6.74. The SMILES string of the molecule is CC(C)(CNC(=O)C(=O)Cc1ccc(C2CCCCC2)cc1)CNC(=O)c1ccc(Nc2nc(NC3(c4ccc(Cl)cc4)CC3)nc(OCC(F)(F)F)n2)cc1. The monoisotopic (exact) mass is 791 g/mol. The number of alkyl halides is 3. The van der Waals surface area contributed by atoms with Gasteiger partial charge in [-0.3, -0.25) is 14.4 Å². The Morgan fingerprint density at radius 2 is 1.46 bits per heavy atom. The molecule has 2 fully saturated rings. The van der Waals surface area contributed by atoms with Gasteiger partial charge in [-0.15, -0.1) is 0 Å². The van der Waals surface area contributed by atoms with Gasteiger partial charge in [0, 0.05) is 35.8 Å². The first-order chi connectivity index (χ1) is 26.7. The van der Waals surface area contributed by atoms with E-state index in [1.165, 1.54) is 37.7 Å². The minimum absolute atomic E-state index is 0.0160. The molecule has 4 N–H and O–H groups in total. The van der Waals surface area contributed by atoms with Crippen LogP contribution in [-0.2, 0) is 21.5 Å². The van der Waals surface area contributed by atoms with E-state index in [-0.39, 0.29) is 37.3 Å². The largest absolute Gasteiger partial charge is 0.454 e. The Bertz CT molecular complexity index is 2000. The Kier molecular flexibility index (Phi) is 12.5. The molecule has 0 spiro atoms. The van der Waals surface area contributed by atoms with Gasteiger partial charge in [-0.2, -0.15) is 28.1 Å². The number of anilines is 3. The molecule has 11 nitrogen and oxygen atoms in total. The number of Topliss-reactive ketones (excluding diaryl/α,β-unsaturated/α-hetero) is 1. The van der Waals surface area contributed by atoms with Crippen molar-refractivity contribution in [3.05, 3.63) is 100 Å². The highest BCUT2D eigenvalue weighted by Crippen LogP contribution is 2.48. The number of hydrogen-bond donors (Lipinski definition) is 4. The van der Waals surface area contributed by atoms with Crippen molar-refractivity contribution in [2.75, 3.05) is 30.3 Å². The molecular formula is C41H45ClF3N7O4. The van der Waals surface area contributed by atoms with Crippen LogP contribution in [0.3, 0.4) is 0 Å². The number of carbonyl (C=O) groups is 3. The highest BCUT2D eigenvalue weighted by molar-refractivity contribution is 6.36. The summed E-state index contributed by atoms with van der Waals surface area (Å²) in [6.07, 6.45) is 3.05. The van der Waals surface area contributed by atoms with Gasteiger partial charge in [0.1, 0.15) is 0 Å². The third-order valence-corrected chi connectivity index (χ3v) is 10.3. The molecule has 1 heterocycles. The molecule has 6 rings (SSSR count). The normalized spacial score (nSPS) is 15.4. The van der Waals surface area contributed by atoms with Gasteiger partial charge >= 0.3 is 12.2 Å². The van der Waals surface area contributed by atoms with Crippen LogP contribution in [0, 0.1) is 5.41 Å². The molecule has 0 radical (unpaired) electrons. The van der Waals surface area contributed by atoms with Gasteiger partial charge in [0.15, 0.2) is 6.61 Å². The molecule has 3 aromatic carbocycles. The molecule has 2 saturated carbocycles. The van der Waals surface area contributed by atoms with Crippen molar-refractivity contribution in [2.45, 2.75) is 82.8 Å². The summed E-state index contributed by atoms with van der Waals surface area (Å²) in [6, 6.07) is 21.0. The van der Waals surface area contributed by atoms with Gasteiger partial charge in [-0.05, 0) is 90.1 Å². The molecule has 0 unspecified atom stereocenters. The maximum Gasteiger partial charge on any atom is 0.422 e. The number of nitrogens with one attached hydrogen (secondary N) is 4. The molecule has 2 aliphatic carbocycles. The zero-order valence-electron chi connectivity index (χ0n) is 31.3. The third kappa shape index (κ3) is 11.4. The summed E-state index contributed by atoms with van der Waals surface area (Å²) in [5.74, 6) is -1.04. The van der Waals surface area contributed by atoms with Crippen LogP contribution in [0.25, 0.3) is 0 Å². The number of benzene rings is 3. The summed E-state index contributed by atoms with van der Waals surface area (Å²) in [5, 5.41) is 12.3. The molecular weight excluding hydrogens is 747 g/mol. The van der Waals surface area contributed by atoms with Crippen LogP contribution in [-0.4, -0.2) is 58.4 Å².